The normalized spacial score (nSPS) is 10.3. The monoisotopic (exact) mass is 365 g/mol. The van der Waals surface area contributed by atoms with Gasteiger partial charge in [-0.25, -0.2) is 0 Å². The lowest BCUT2D eigenvalue weighted by atomic mass is 10.2. The Morgan fingerprint density at radius 3 is 2.26 bits per heavy atom. The number of hydrogen-bond donors (Lipinski definition) is 3. The Bertz CT molecular complexity index is 741. The SMILES string of the molecule is CC.CNSc1ccc(SNc2cccc3c(Cl)c[nH]c23)cc1. The van der Waals surface area contributed by atoms with Crippen LogP contribution in [0.15, 0.2) is 58.5 Å². The van der Waals surface area contributed by atoms with Crippen LogP contribution in [-0.4, -0.2) is 12.0 Å². The van der Waals surface area contributed by atoms with Gasteiger partial charge in [-0.2, -0.15) is 0 Å². The molecule has 3 aromatic rings. The van der Waals surface area contributed by atoms with Crippen molar-refractivity contribution >= 4 is 52.1 Å². The number of halogens is 1. The van der Waals surface area contributed by atoms with E-state index in [2.05, 4.69) is 38.7 Å². The molecule has 0 saturated carbocycles. The van der Waals surface area contributed by atoms with Crippen LogP contribution in [0.4, 0.5) is 5.69 Å². The lowest BCUT2D eigenvalue weighted by Gasteiger charge is -2.07. The second kappa shape index (κ2) is 9.13. The van der Waals surface area contributed by atoms with Gasteiger partial charge < -0.3 is 9.71 Å². The van der Waals surface area contributed by atoms with Gasteiger partial charge in [0.2, 0.25) is 0 Å². The number of nitrogens with one attached hydrogen (secondary N) is 3. The van der Waals surface area contributed by atoms with Crippen molar-refractivity contribution in [2.24, 2.45) is 0 Å². The molecule has 0 radical (unpaired) electrons. The number of aromatic amines is 1. The lowest BCUT2D eigenvalue weighted by molar-refractivity contribution is 1.26. The van der Waals surface area contributed by atoms with Gasteiger partial charge in [0.25, 0.3) is 0 Å². The second-order valence-corrected chi connectivity index (χ2v) is 6.72. The van der Waals surface area contributed by atoms with Crippen molar-refractivity contribution in [2.45, 2.75) is 23.6 Å². The largest absolute Gasteiger partial charge is 0.358 e. The van der Waals surface area contributed by atoms with E-state index in [1.54, 1.807) is 23.9 Å². The Morgan fingerprint density at radius 2 is 1.61 bits per heavy atom. The zero-order chi connectivity index (χ0) is 16.7. The predicted octanol–water partition coefficient (Wildman–Crippen LogP) is 6.19. The molecular formula is C17H20ClN3S2. The number of anilines is 1. The number of fused-ring (bicyclic) bond motifs is 1. The zero-order valence-corrected chi connectivity index (χ0v) is 15.7. The van der Waals surface area contributed by atoms with Crippen molar-refractivity contribution in [3.05, 3.63) is 53.7 Å². The summed E-state index contributed by atoms with van der Waals surface area (Å²) in [6.45, 7) is 4.00. The van der Waals surface area contributed by atoms with Crippen molar-refractivity contribution in [3.8, 4) is 0 Å². The molecule has 0 spiro atoms. The van der Waals surface area contributed by atoms with Gasteiger partial charge in [-0.1, -0.05) is 37.6 Å². The highest BCUT2D eigenvalue weighted by Gasteiger charge is 2.06. The van der Waals surface area contributed by atoms with E-state index in [1.165, 1.54) is 4.90 Å². The summed E-state index contributed by atoms with van der Waals surface area (Å²) >= 11 is 9.32. The van der Waals surface area contributed by atoms with E-state index in [1.807, 2.05) is 45.3 Å². The molecule has 3 nitrogen and oxygen atoms in total. The number of benzene rings is 2. The predicted molar refractivity (Wildman–Crippen MR) is 105 cm³/mol. The highest BCUT2D eigenvalue weighted by molar-refractivity contribution is 8.00. The molecular weight excluding hydrogens is 346 g/mol. The number of rotatable bonds is 5. The Morgan fingerprint density at radius 1 is 0.957 bits per heavy atom. The molecule has 0 fully saturated rings. The van der Waals surface area contributed by atoms with Gasteiger partial charge >= 0.3 is 0 Å². The van der Waals surface area contributed by atoms with Crippen LogP contribution in [0.5, 0.6) is 0 Å². The van der Waals surface area contributed by atoms with Crippen molar-refractivity contribution in [2.75, 3.05) is 11.8 Å². The number of hydrogen-bond acceptors (Lipinski definition) is 4. The van der Waals surface area contributed by atoms with Crippen LogP contribution in [0.25, 0.3) is 10.9 Å². The van der Waals surface area contributed by atoms with Crippen LogP contribution in [0.2, 0.25) is 5.02 Å². The standard InChI is InChI=1S/C15H14ClN3S2.C2H6/c1-17-20-10-5-7-11(8-6-10)21-19-14-4-2-3-12-13(16)9-18-15(12)14;1-2/h2-9,17-19H,1H3;1-2H3. The third-order valence-electron chi connectivity index (χ3n) is 2.99. The lowest BCUT2D eigenvalue weighted by Crippen LogP contribution is -1.91. The van der Waals surface area contributed by atoms with E-state index in [0.717, 1.165) is 26.5 Å². The van der Waals surface area contributed by atoms with Crippen LogP contribution in [-0.2, 0) is 0 Å². The minimum Gasteiger partial charge on any atom is -0.358 e. The van der Waals surface area contributed by atoms with E-state index in [9.17, 15) is 0 Å². The van der Waals surface area contributed by atoms with Crippen molar-refractivity contribution < 1.29 is 0 Å². The summed E-state index contributed by atoms with van der Waals surface area (Å²) in [6.07, 6.45) is 1.81. The maximum absolute atomic E-state index is 6.13. The fraction of sp³-hybridized carbons (Fsp3) is 0.176. The molecule has 122 valence electrons. The molecule has 1 heterocycles. The van der Waals surface area contributed by atoms with Crippen LogP contribution < -0.4 is 9.44 Å². The van der Waals surface area contributed by atoms with Crippen LogP contribution in [0.3, 0.4) is 0 Å². The van der Waals surface area contributed by atoms with Gasteiger partial charge in [-0.3, -0.25) is 4.72 Å². The van der Waals surface area contributed by atoms with Gasteiger partial charge in [-0.15, -0.1) is 0 Å². The maximum Gasteiger partial charge on any atom is 0.0713 e. The number of para-hydroxylation sites is 1. The van der Waals surface area contributed by atoms with Crippen molar-refractivity contribution in [3.63, 3.8) is 0 Å². The molecule has 0 atom stereocenters. The van der Waals surface area contributed by atoms with E-state index in [0.29, 0.717) is 0 Å². The minimum atomic E-state index is 0.743. The smallest absolute Gasteiger partial charge is 0.0713 e. The third-order valence-corrected chi connectivity index (χ3v) is 4.84. The summed E-state index contributed by atoms with van der Waals surface area (Å²) < 4.78 is 6.43. The van der Waals surface area contributed by atoms with Gasteiger partial charge in [0, 0.05) is 21.4 Å². The molecule has 3 N–H and O–H groups in total. The van der Waals surface area contributed by atoms with E-state index in [4.69, 9.17) is 11.6 Å². The quantitative estimate of drug-likeness (QED) is 0.471. The first-order valence-electron chi connectivity index (χ1n) is 7.40. The molecule has 23 heavy (non-hydrogen) atoms. The van der Waals surface area contributed by atoms with Crippen LogP contribution >= 0.6 is 35.5 Å². The molecule has 0 bridgehead atoms. The van der Waals surface area contributed by atoms with Gasteiger partial charge in [0.05, 0.1) is 16.2 Å². The molecule has 0 aliphatic rings. The van der Waals surface area contributed by atoms with Gasteiger partial charge in [-0.05, 0) is 61.3 Å². The number of aromatic nitrogens is 1. The maximum atomic E-state index is 6.13. The Kier molecular flexibility index (Phi) is 7.17. The Labute approximate surface area is 150 Å². The molecule has 0 aliphatic carbocycles. The molecule has 0 aliphatic heterocycles. The average molecular weight is 366 g/mol. The first kappa shape index (κ1) is 18.1. The highest BCUT2D eigenvalue weighted by atomic mass is 35.5. The van der Waals surface area contributed by atoms with Crippen LogP contribution in [0.1, 0.15) is 13.8 Å². The van der Waals surface area contributed by atoms with Crippen LogP contribution in [0, 0.1) is 0 Å². The average Bonchev–Trinajstić information content (AvgIpc) is 2.98. The second-order valence-electron chi connectivity index (χ2n) is 4.35. The molecule has 3 rings (SSSR count). The summed E-state index contributed by atoms with van der Waals surface area (Å²) in [5.74, 6) is 0. The zero-order valence-electron chi connectivity index (χ0n) is 13.3. The number of H-pyrrole nitrogens is 1. The Hall–Kier alpha value is -1.27. The molecule has 0 unspecified atom stereocenters. The minimum absolute atomic E-state index is 0.743. The van der Waals surface area contributed by atoms with E-state index < -0.39 is 0 Å². The van der Waals surface area contributed by atoms with Gasteiger partial charge in [0.1, 0.15) is 0 Å². The fourth-order valence-corrected chi connectivity index (χ4v) is 3.40. The summed E-state index contributed by atoms with van der Waals surface area (Å²) in [6, 6.07) is 14.4. The van der Waals surface area contributed by atoms with E-state index >= 15 is 0 Å². The molecule has 6 heteroatoms. The summed E-state index contributed by atoms with van der Waals surface area (Å²) in [5.41, 5.74) is 2.05. The van der Waals surface area contributed by atoms with Gasteiger partial charge in [0.15, 0.2) is 0 Å². The van der Waals surface area contributed by atoms with Crippen molar-refractivity contribution in [1.29, 1.82) is 0 Å². The molecule has 0 amide bonds. The summed E-state index contributed by atoms with van der Waals surface area (Å²) in [7, 11) is 1.91. The third kappa shape index (κ3) is 4.61. The van der Waals surface area contributed by atoms with E-state index in [-0.39, 0.29) is 0 Å². The first-order valence-corrected chi connectivity index (χ1v) is 9.41. The first-order chi connectivity index (χ1) is 11.3. The summed E-state index contributed by atoms with van der Waals surface area (Å²) in [5, 5.41) is 1.77. The fourth-order valence-electron chi connectivity index (χ4n) is 2.01. The molecule has 1 aromatic heterocycles. The molecule has 0 saturated heterocycles. The summed E-state index contributed by atoms with van der Waals surface area (Å²) in [4.78, 5) is 5.55. The molecule has 2 aromatic carbocycles. The Balaban J connectivity index is 0.000000924. The van der Waals surface area contributed by atoms with Crippen molar-refractivity contribution in [1.82, 2.24) is 9.71 Å². The highest BCUT2D eigenvalue weighted by Crippen LogP contribution is 2.31. The topological polar surface area (TPSA) is 39.8 Å².